The molecule has 2 atom stereocenters. The van der Waals surface area contributed by atoms with Crippen LogP contribution in [0.3, 0.4) is 0 Å². The summed E-state index contributed by atoms with van der Waals surface area (Å²) in [7, 11) is 0. The Kier molecular flexibility index (Phi) is 9.23. The minimum Gasteiger partial charge on any atom is -0.486 e. The summed E-state index contributed by atoms with van der Waals surface area (Å²) in [5.74, 6) is -0.103. The number of esters is 1. The second-order valence-corrected chi connectivity index (χ2v) is 10.6. The van der Waals surface area contributed by atoms with Crippen molar-refractivity contribution >= 4 is 45.7 Å². The van der Waals surface area contributed by atoms with Gasteiger partial charge in [-0.2, -0.15) is 0 Å². The molecule has 36 heavy (non-hydrogen) atoms. The highest BCUT2D eigenvalue weighted by Gasteiger charge is 2.32. The molecule has 1 aliphatic heterocycles. The van der Waals surface area contributed by atoms with Crippen LogP contribution in [0.25, 0.3) is 0 Å². The number of anilines is 1. The standard InChI is InChI=1S/C26H32ClN3O5S/c1-2-34-25(32)23-19-5-3-4-6-22(19)36-24(23)30-26(33)29-13-16-11-12-28-14-20(16)21(31)15-35-18-9-7-17(27)8-10-18/h7-10,16,20,28H,2-6,11-15H2,1H3,(H2,29,30,33). The van der Waals surface area contributed by atoms with E-state index in [0.29, 0.717) is 34.4 Å². The highest BCUT2D eigenvalue weighted by atomic mass is 35.5. The summed E-state index contributed by atoms with van der Waals surface area (Å²) in [5.41, 5.74) is 1.49. The molecule has 1 saturated heterocycles. The third-order valence-corrected chi connectivity index (χ3v) is 8.10. The smallest absolute Gasteiger partial charge is 0.341 e. The Morgan fingerprint density at radius 1 is 1.17 bits per heavy atom. The number of fused-ring (bicyclic) bond motifs is 1. The molecule has 4 rings (SSSR count). The third kappa shape index (κ3) is 6.57. The topological polar surface area (TPSA) is 106 Å². The van der Waals surface area contributed by atoms with Crippen LogP contribution in [-0.2, 0) is 22.4 Å². The first-order valence-electron chi connectivity index (χ1n) is 12.4. The maximum atomic E-state index is 12.9. The molecule has 2 amide bonds. The lowest BCUT2D eigenvalue weighted by Crippen LogP contribution is -2.47. The molecule has 0 saturated carbocycles. The van der Waals surface area contributed by atoms with E-state index < -0.39 is 5.97 Å². The van der Waals surface area contributed by atoms with Crippen molar-refractivity contribution in [1.82, 2.24) is 10.6 Å². The van der Waals surface area contributed by atoms with Crippen LogP contribution in [0.15, 0.2) is 24.3 Å². The minimum absolute atomic E-state index is 0.0140. The van der Waals surface area contributed by atoms with Crippen molar-refractivity contribution in [1.29, 1.82) is 0 Å². The van der Waals surface area contributed by atoms with Gasteiger partial charge in [-0.1, -0.05) is 11.6 Å². The molecule has 3 N–H and O–H groups in total. The number of carbonyl (C=O) groups excluding carboxylic acids is 3. The van der Waals surface area contributed by atoms with E-state index in [2.05, 4.69) is 16.0 Å². The van der Waals surface area contributed by atoms with Gasteiger partial charge in [0.1, 0.15) is 17.4 Å². The molecule has 2 aliphatic rings. The number of piperidine rings is 1. The number of urea groups is 1. The summed E-state index contributed by atoms with van der Waals surface area (Å²) in [4.78, 5) is 39.5. The van der Waals surface area contributed by atoms with Gasteiger partial charge in [-0.15, -0.1) is 11.3 Å². The molecular formula is C26H32ClN3O5S. The molecule has 1 aromatic heterocycles. The number of ketones is 1. The van der Waals surface area contributed by atoms with Crippen molar-refractivity contribution in [3.05, 3.63) is 45.3 Å². The molecule has 0 radical (unpaired) electrons. The molecule has 1 aliphatic carbocycles. The lowest BCUT2D eigenvalue weighted by molar-refractivity contribution is -0.127. The van der Waals surface area contributed by atoms with Gasteiger partial charge in [-0.05, 0) is 81.3 Å². The first kappa shape index (κ1) is 26.4. The largest absolute Gasteiger partial charge is 0.486 e. The van der Waals surface area contributed by atoms with Gasteiger partial charge in [0.25, 0.3) is 0 Å². The third-order valence-electron chi connectivity index (χ3n) is 6.64. The van der Waals surface area contributed by atoms with E-state index >= 15 is 0 Å². The monoisotopic (exact) mass is 533 g/mol. The van der Waals surface area contributed by atoms with Gasteiger partial charge in [0.15, 0.2) is 5.78 Å². The van der Waals surface area contributed by atoms with Crippen molar-refractivity contribution in [2.75, 3.05) is 38.2 Å². The Labute approximate surface area is 220 Å². The summed E-state index contributed by atoms with van der Waals surface area (Å²) in [6.07, 6.45) is 4.59. The van der Waals surface area contributed by atoms with Crippen LogP contribution in [0, 0.1) is 11.8 Å². The highest BCUT2D eigenvalue weighted by Crippen LogP contribution is 2.38. The molecule has 2 aromatic rings. The predicted octanol–water partition coefficient (Wildman–Crippen LogP) is 4.45. The zero-order valence-electron chi connectivity index (χ0n) is 20.4. The number of hydrogen-bond donors (Lipinski definition) is 3. The Morgan fingerprint density at radius 3 is 2.72 bits per heavy atom. The summed E-state index contributed by atoms with van der Waals surface area (Å²) >= 11 is 7.35. The lowest BCUT2D eigenvalue weighted by Gasteiger charge is -2.31. The van der Waals surface area contributed by atoms with E-state index in [9.17, 15) is 14.4 Å². The zero-order valence-corrected chi connectivity index (χ0v) is 21.9. The van der Waals surface area contributed by atoms with E-state index in [1.54, 1.807) is 31.2 Å². The van der Waals surface area contributed by atoms with Crippen molar-refractivity contribution in [2.45, 2.75) is 39.0 Å². The minimum atomic E-state index is -0.392. The van der Waals surface area contributed by atoms with Gasteiger partial charge in [-0.25, -0.2) is 9.59 Å². The van der Waals surface area contributed by atoms with E-state index in [4.69, 9.17) is 21.1 Å². The number of rotatable bonds is 9. The fraction of sp³-hybridized carbons (Fsp3) is 0.500. The Morgan fingerprint density at radius 2 is 1.94 bits per heavy atom. The van der Waals surface area contributed by atoms with E-state index in [1.165, 1.54) is 11.3 Å². The van der Waals surface area contributed by atoms with Gasteiger partial charge in [0.05, 0.1) is 12.2 Å². The molecule has 8 nitrogen and oxygen atoms in total. The van der Waals surface area contributed by atoms with Crippen molar-refractivity contribution < 1.29 is 23.9 Å². The average molecular weight is 534 g/mol. The number of nitrogens with one attached hydrogen (secondary N) is 3. The van der Waals surface area contributed by atoms with Crippen molar-refractivity contribution in [3.63, 3.8) is 0 Å². The molecule has 194 valence electrons. The first-order chi connectivity index (χ1) is 17.5. The number of halogens is 1. The second-order valence-electron chi connectivity index (χ2n) is 9.04. The molecule has 1 aromatic carbocycles. The number of aryl methyl sites for hydroxylation is 1. The van der Waals surface area contributed by atoms with Crippen molar-refractivity contribution in [3.8, 4) is 5.75 Å². The normalized spacial score (nSPS) is 19.2. The van der Waals surface area contributed by atoms with Crippen LogP contribution >= 0.6 is 22.9 Å². The summed E-state index contributed by atoms with van der Waals surface area (Å²) in [6, 6.07) is 6.50. The summed E-state index contributed by atoms with van der Waals surface area (Å²) in [6.45, 7) is 3.68. The molecule has 2 heterocycles. The predicted molar refractivity (Wildman–Crippen MR) is 140 cm³/mol. The molecule has 0 spiro atoms. The number of ether oxygens (including phenoxy) is 2. The Balaban J connectivity index is 1.35. The number of hydrogen-bond acceptors (Lipinski definition) is 7. The molecular weight excluding hydrogens is 502 g/mol. The van der Waals surface area contributed by atoms with E-state index in [-0.39, 0.29) is 36.9 Å². The molecule has 10 heteroatoms. The van der Waals surface area contributed by atoms with E-state index in [1.807, 2.05) is 0 Å². The van der Waals surface area contributed by atoms with Gasteiger partial charge in [0, 0.05) is 28.9 Å². The number of amides is 2. The number of benzene rings is 1. The maximum Gasteiger partial charge on any atom is 0.341 e. The molecule has 2 unspecified atom stereocenters. The highest BCUT2D eigenvalue weighted by molar-refractivity contribution is 7.17. The van der Waals surface area contributed by atoms with Crippen LogP contribution in [0.4, 0.5) is 9.80 Å². The Hall–Kier alpha value is -2.62. The zero-order chi connectivity index (χ0) is 25.5. The SMILES string of the molecule is CCOC(=O)c1c(NC(=O)NCC2CCNCC2C(=O)COc2ccc(Cl)cc2)sc2c1CCCC2. The van der Waals surface area contributed by atoms with Crippen LogP contribution < -0.4 is 20.7 Å². The molecule has 0 bridgehead atoms. The summed E-state index contributed by atoms with van der Waals surface area (Å²) < 4.78 is 10.9. The second kappa shape index (κ2) is 12.6. The van der Waals surface area contributed by atoms with Crippen LogP contribution in [0.1, 0.15) is 47.0 Å². The van der Waals surface area contributed by atoms with Crippen LogP contribution in [0.5, 0.6) is 5.75 Å². The fourth-order valence-electron chi connectivity index (χ4n) is 4.77. The maximum absolute atomic E-state index is 12.9. The summed E-state index contributed by atoms with van der Waals surface area (Å²) in [5, 5.41) is 10.2. The van der Waals surface area contributed by atoms with Crippen LogP contribution in [-0.4, -0.2) is 50.6 Å². The van der Waals surface area contributed by atoms with Gasteiger partial charge in [0.2, 0.25) is 0 Å². The number of carbonyl (C=O) groups is 3. The van der Waals surface area contributed by atoms with Crippen LogP contribution in [0.2, 0.25) is 5.02 Å². The number of Topliss-reactive ketones (excluding diaryl/α,β-unsaturated/α-hetero) is 1. The van der Waals surface area contributed by atoms with Gasteiger partial charge in [-0.3, -0.25) is 10.1 Å². The average Bonchev–Trinajstić information content (AvgIpc) is 3.25. The van der Waals surface area contributed by atoms with Gasteiger partial charge < -0.3 is 20.1 Å². The Bertz CT molecular complexity index is 1090. The lowest BCUT2D eigenvalue weighted by atomic mass is 9.83. The fourth-order valence-corrected chi connectivity index (χ4v) is 6.17. The van der Waals surface area contributed by atoms with Gasteiger partial charge >= 0.3 is 12.0 Å². The van der Waals surface area contributed by atoms with E-state index in [0.717, 1.165) is 49.1 Å². The molecule has 1 fully saturated rings. The quantitative estimate of drug-likeness (QED) is 0.411. The van der Waals surface area contributed by atoms with Crippen molar-refractivity contribution in [2.24, 2.45) is 11.8 Å². The first-order valence-corrected chi connectivity index (χ1v) is 13.6. The number of thiophene rings is 1.